The van der Waals surface area contributed by atoms with Crippen molar-refractivity contribution in [2.75, 3.05) is 12.0 Å². The van der Waals surface area contributed by atoms with E-state index in [0.29, 0.717) is 28.7 Å². The van der Waals surface area contributed by atoms with Gasteiger partial charge in [-0.15, -0.1) is 5.69 Å². The standard InChI is InChI=1S/C21H21N8O2S/c1-12-13(2)27-29(14(12)3)21-25-19(16-7-5-6-8-17(16)28-32(4,30)31)20(26-21)24-15-9-10-18(22)23-11-15/h5-11H,1-4H3,(H2,22,23)/q-1. The van der Waals surface area contributed by atoms with Crippen LogP contribution in [-0.4, -0.2) is 46.9 Å². The fraction of sp³-hybridized carbons (Fsp3) is 0.190. The zero-order valence-electron chi connectivity index (χ0n) is 18.0. The van der Waals surface area contributed by atoms with Crippen LogP contribution >= 0.6 is 0 Å². The van der Waals surface area contributed by atoms with Gasteiger partial charge in [-0.2, -0.15) is 10.1 Å². The van der Waals surface area contributed by atoms with Crippen LogP contribution in [0.5, 0.6) is 0 Å². The second kappa shape index (κ2) is 8.00. The highest BCUT2D eigenvalue weighted by Gasteiger charge is 2.24. The molecule has 0 bridgehead atoms. The van der Waals surface area contributed by atoms with Gasteiger partial charge in [0.1, 0.15) is 11.5 Å². The first-order valence-corrected chi connectivity index (χ1v) is 11.5. The highest BCUT2D eigenvalue weighted by Crippen LogP contribution is 2.29. The van der Waals surface area contributed by atoms with Crippen molar-refractivity contribution in [3.63, 3.8) is 0 Å². The van der Waals surface area contributed by atoms with Crippen molar-refractivity contribution in [2.24, 2.45) is 15.0 Å². The van der Waals surface area contributed by atoms with Crippen LogP contribution in [0.1, 0.15) is 22.5 Å². The third-order valence-corrected chi connectivity index (χ3v) is 5.43. The van der Waals surface area contributed by atoms with E-state index in [-0.39, 0.29) is 11.5 Å². The predicted molar refractivity (Wildman–Crippen MR) is 126 cm³/mol. The Labute approximate surface area is 185 Å². The Bertz CT molecular complexity index is 1400. The molecule has 0 spiro atoms. The van der Waals surface area contributed by atoms with Gasteiger partial charge >= 0.3 is 0 Å². The second-order valence-electron chi connectivity index (χ2n) is 7.30. The van der Waals surface area contributed by atoms with Gasteiger partial charge in [0.2, 0.25) is 0 Å². The number of sulfonamides is 1. The van der Waals surface area contributed by atoms with Crippen molar-refractivity contribution in [1.29, 1.82) is 0 Å². The van der Waals surface area contributed by atoms with E-state index >= 15 is 0 Å². The van der Waals surface area contributed by atoms with Crippen molar-refractivity contribution in [2.45, 2.75) is 20.8 Å². The van der Waals surface area contributed by atoms with E-state index in [9.17, 15) is 8.42 Å². The normalized spacial score (nSPS) is 15.1. The first kappa shape index (κ1) is 21.4. The largest absolute Gasteiger partial charge is 0.577 e. The van der Waals surface area contributed by atoms with E-state index in [2.05, 4.69) is 29.8 Å². The van der Waals surface area contributed by atoms with Gasteiger partial charge in [0.25, 0.3) is 5.96 Å². The fourth-order valence-electron chi connectivity index (χ4n) is 3.11. The first-order chi connectivity index (χ1) is 15.1. The molecule has 0 atom stereocenters. The van der Waals surface area contributed by atoms with Gasteiger partial charge in [-0.25, -0.2) is 28.1 Å². The summed E-state index contributed by atoms with van der Waals surface area (Å²) < 4.78 is 29.2. The maximum absolute atomic E-state index is 11.8. The minimum atomic E-state index is -3.63. The minimum Gasteiger partial charge on any atom is -0.577 e. The predicted octanol–water partition coefficient (Wildman–Crippen LogP) is 3.19. The van der Waals surface area contributed by atoms with E-state index in [1.54, 1.807) is 41.1 Å². The molecule has 164 valence electrons. The van der Waals surface area contributed by atoms with Crippen LogP contribution in [0.25, 0.3) is 4.72 Å². The molecule has 4 rings (SSSR count). The summed E-state index contributed by atoms with van der Waals surface area (Å²) in [4.78, 5) is 17.9. The monoisotopic (exact) mass is 449 g/mol. The highest BCUT2D eigenvalue weighted by molar-refractivity contribution is 7.93. The maximum atomic E-state index is 11.8. The summed E-state index contributed by atoms with van der Waals surface area (Å²) in [7, 11) is -3.63. The number of anilines is 1. The lowest BCUT2D eigenvalue weighted by molar-refractivity contribution is 0.609. The van der Waals surface area contributed by atoms with Crippen LogP contribution in [-0.2, 0) is 10.0 Å². The van der Waals surface area contributed by atoms with Crippen LogP contribution in [0.4, 0.5) is 17.2 Å². The molecule has 0 aliphatic carbocycles. The molecule has 0 fully saturated rings. The number of hydrogen-bond acceptors (Lipinski definition) is 7. The van der Waals surface area contributed by atoms with Crippen molar-refractivity contribution in [1.82, 2.24) is 14.8 Å². The number of hydrogen-bond donors (Lipinski definition) is 1. The van der Waals surface area contributed by atoms with E-state index in [0.717, 1.165) is 23.2 Å². The number of amidine groups is 1. The van der Waals surface area contributed by atoms with Gasteiger partial charge in [0.15, 0.2) is 5.84 Å². The Balaban J connectivity index is 1.89. The van der Waals surface area contributed by atoms with Crippen LogP contribution in [0.15, 0.2) is 57.6 Å². The van der Waals surface area contributed by atoms with Crippen molar-refractivity contribution < 1.29 is 8.42 Å². The van der Waals surface area contributed by atoms with Gasteiger partial charge in [-0.1, -0.05) is 24.3 Å². The lowest BCUT2D eigenvalue weighted by Gasteiger charge is -2.22. The summed E-state index contributed by atoms with van der Waals surface area (Å²) in [5, 5.41) is 4.53. The highest BCUT2D eigenvalue weighted by atomic mass is 32.2. The number of benzene rings is 1. The molecule has 0 unspecified atom stereocenters. The van der Waals surface area contributed by atoms with Gasteiger partial charge < -0.3 is 10.5 Å². The first-order valence-electron chi connectivity index (χ1n) is 9.66. The van der Waals surface area contributed by atoms with Gasteiger partial charge in [-0.3, -0.25) is 0 Å². The average Bonchev–Trinajstić information content (AvgIpc) is 3.25. The Kier molecular flexibility index (Phi) is 5.35. The molecule has 2 N–H and O–H groups in total. The Morgan fingerprint density at radius 3 is 2.44 bits per heavy atom. The SMILES string of the molecule is Cc1nn(C2=NC(=Nc3ccc(N)nc3)C(c3ccccc3[N-]S(C)(=O)=O)=N2)c(C)c1C. The van der Waals surface area contributed by atoms with Crippen molar-refractivity contribution in [3.05, 3.63) is 69.8 Å². The molecule has 2 aromatic heterocycles. The molecule has 0 radical (unpaired) electrons. The molecule has 0 amide bonds. The number of aliphatic imine (C=N–C) groups is 3. The lowest BCUT2D eigenvalue weighted by Crippen LogP contribution is -2.12. The Morgan fingerprint density at radius 1 is 1.06 bits per heavy atom. The van der Waals surface area contributed by atoms with Gasteiger partial charge in [0.05, 0.1) is 27.6 Å². The molecular formula is C21H21N8O2S-. The van der Waals surface area contributed by atoms with E-state index < -0.39 is 10.0 Å². The molecule has 3 heterocycles. The number of rotatable bonds is 4. The van der Waals surface area contributed by atoms with E-state index in [1.807, 2.05) is 20.8 Å². The molecule has 32 heavy (non-hydrogen) atoms. The number of nitrogens with two attached hydrogens (primary N) is 1. The topological polar surface area (TPSA) is 142 Å². The number of pyridine rings is 1. The van der Waals surface area contributed by atoms with Crippen molar-refractivity contribution >= 4 is 44.7 Å². The molecule has 0 saturated carbocycles. The second-order valence-corrected chi connectivity index (χ2v) is 8.95. The molecule has 1 aliphatic heterocycles. The summed E-state index contributed by atoms with van der Waals surface area (Å²) in [6, 6.07) is 10.1. The average molecular weight is 450 g/mol. The van der Waals surface area contributed by atoms with E-state index in [4.69, 9.17) is 5.73 Å². The summed E-state index contributed by atoms with van der Waals surface area (Å²) in [5.41, 5.74) is 10.1. The molecule has 1 aromatic carbocycles. The van der Waals surface area contributed by atoms with Crippen LogP contribution in [0, 0.1) is 20.8 Å². The fourth-order valence-corrected chi connectivity index (χ4v) is 3.63. The zero-order valence-corrected chi connectivity index (χ0v) is 18.8. The molecule has 0 saturated heterocycles. The molecule has 3 aromatic rings. The lowest BCUT2D eigenvalue weighted by atomic mass is 10.1. The van der Waals surface area contributed by atoms with Crippen LogP contribution in [0.3, 0.4) is 0 Å². The van der Waals surface area contributed by atoms with Crippen molar-refractivity contribution in [3.8, 4) is 0 Å². The Morgan fingerprint density at radius 2 is 1.81 bits per heavy atom. The smallest absolute Gasteiger partial charge is 0.253 e. The number of nitrogen functional groups attached to an aromatic ring is 1. The molecule has 1 aliphatic rings. The van der Waals surface area contributed by atoms with Gasteiger partial charge in [0, 0.05) is 11.9 Å². The quantitative estimate of drug-likeness (QED) is 0.651. The minimum absolute atomic E-state index is 0.248. The number of nitrogens with zero attached hydrogens (tertiary/aromatic N) is 7. The maximum Gasteiger partial charge on any atom is 0.253 e. The molecular weight excluding hydrogens is 428 g/mol. The molecule has 10 nitrogen and oxygen atoms in total. The summed E-state index contributed by atoms with van der Waals surface area (Å²) >= 11 is 0. The molecule has 11 heteroatoms. The van der Waals surface area contributed by atoms with Crippen LogP contribution in [0.2, 0.25) is 0 Å². The zero-order chi connectivity index (χ0) is 23.0. The third kappa shape index (κ3) is 4.28. The third-order valence-electron chi connectivity index (χ3n) is 4.90. The summed E-state index contributed by atoms with van der Waals surface area (Å²) in [5.74, 6) is 0.979. The Hall–Kier alpha value is -3.86. The summed E-state index contributed by atoms with van der Waals surface area (Å²) in [6.07, 6.45) is 2.56. The van der Waals surface area contributed by atoms with E-state index in [1.165, 1.54) is 6.20 Å². The van der Waals surface area contributed by atoms with Crippen LogP contribution < -0.4 is 5.73 Å². The summed E-state index contributed by atoms with van der Waals surface area (Å²) in [6.45, 7) is 5.82. The number of aryl methyl sites for hydroxylation is 1. The van der Waals surface area contributed by atoms with Gasteiger partial charge in [-0.05, 0) is 44.0 Å². The number of aromatic nitrogens is 3.